The van der Waals surface area contributed by atoms with Gasteiger partial charge in [-0.25, -0.2) is 0 Å². The largest absolute Gasteiger partial charge is 0.386 e. The molecule has 0 saturated heterocycles. The SMILES string of the molecule is CCCCCCC(C)(CCCCCC)N1CCC(N)=N1. The highest BCUT2D eigenvalue weighted by atomic mass is 15.5. The number of rotatable bonds is 11. The van der Waals surface area contributed by atoms with E-state index >= 15 is 0 Å². The molecule has 0 aromatic rings. The van der Waals surface area contributed by atoms with Crippen molar-refractivity contribution in [2.24, 2.45) is 10.8 Å². The van der Waals surface area contributed by atoms with Gasteiger partial charge in [0.05, 0.1) is 5.54 Å². The molecule has 3 heteroatoms. The van der Waals surface area contributed by atoms with Crippen molar-refractivity contribution in [1.29, 1.82) is 0 Å². The van der Waals surface area contributed by atoms with Gasteiger partial charge in [0.15, 0.2) is 0 Å². The summed E-state index contributed by atoms with van der Waals surface area (Å²) in [6.07, 6.45) is 14.2. The molecule has 0 atom stereocenters. The zero-order chi connectivity index (χ0) is 14.8. The first-order valence-corrected chi connectivity index (χ1v) is 8.73. The van der Waals surface area contributed by atoms with Crippen molar-refractivity contribution in [3.63, 3.8) is 0 Å². The summed E-state index contributed by atoms with van der Waals surface area (Å²) in [7, 11) is 0. The van der Waals surface area contributed by atoms with Gasteiger partial charge in [-0.1, -0.05) is 65.2 Å². The van der Waals surface area contributed by atoms with Crippen molar-refractivity contribution in [1.82, 2.24) is 5.01 Å². The van der Waals surface area contributed by atoms with E-state index in [1.807, 2.05) is 0 Å². The first-order chi connectivity index (χ1) is 9.62. The number of hydrazone groups is 1. The highest BCUT2D eigenvalue weighted by Gasteiger charge is 2.32. The average Bonchev–Trinajstić information content (AvgIpc) is 2.87. The maximum Gasteiger partial charge on any atom is 0.121 e. The molecule has 0 amide bonds. The van der Waals surface area contributed by atoms with E-state index in [9.17, 15) is 0 Å². The van der Waals surface area contributed by atoms with Crippen LogP contribution in [0.5, 0.6) is 0 Å². The lowest BCUT2D eigenvalue weighted by atomic mass is 9.87. The van der Waals surface area contributed by atoms with Crippen molar-refractivity contribution in [2.45, 2.75) is 96.9 Å². The minimum atomic E-state index is 0.225. The van der Waals surface area contributed by atoms with Crippen LogP contribution >= 0.6 is 0 Å². The lowest BCUT2D eigenvalue weighted by Gasteiger charge is -2.38. The van der Waals surface area contributed by atoms with Crippen LogP contribution in [0.15, 0.2) is 5.10 Å². The summed E-state index contributed by atoms with van der Waals surface area (Å²) in [4.78, 5) is 0. The van der Waals surface area contributed by atoms with Crippen LogP contribution in [-0.4, -0.2) is 22.9 Å². The van der Waals surface area contributed by atoms with Crippen LogP contribution in [0, 0.1) is 0 Å². The lowest BCUT2D eigenvalue weighted by Crippen LogP contribution is -2.42. The Balaban J connectivity index is 2.48. The normalized spacial score (nSPS) is 15.8. The van der Waals surface area contributed by atoms with Crippen LogP contribution in [0.25, 0.3) is 0 Å². The van der Waals surface area contributed by atoms with E-state index in [1.54, 1.807) is 0 Å². The van der Waals surface area contributed by atoms with E-state index in [0.29, 0.717) is 0 Å². The molecule has 118 valence electrons. The second-order valence-corrected chi connectivity index (χ2v) is 6.58. The topological polar surface area (TPSA) is 41.6 Å². The van der Waals surface area contributed by atoms with Gasteiger partial charge in [0.2, 0.25) is 0 Å². The Morgan fingerprint density at radius 3 is 1.95 bits per heavy atom. The van der Waals surface area contributed by atoms with Crippen molar-refractivity contribution in [3.05, 3.63) is 0 Å². The highest BCUT2D eigenvalue weighted by molar-refractivity contribution is 5.81. The molecule has 0 aromatic carbocycles. The Kier molecular flexibility index (Phi) is 8.01. The van der Waals surface area contributed by atoms with Gasteiger partial charge in [-0.05, 0) is 19.8 Å². The second kappa shape index (κ2) is 9.25. The number of unbranched alkanes of at least 4 members (excludes halogenated alkanes) is 6. The van der Waals surface area contributed by atoms with Crippen LogP contribution < -0.4 is 5.73 Å². The second-order valence-electron chi connectivity index (χ2n) is 6.58. The summed E-state index contributed by atoms with van der Waals surface area (Å²) in [5.41, 5.74) is 6.11. The monoisotopic (exact) mass is 281 g/mol. The average molecular weight is 281 g/mol. The zero-order valence-electron chi connectivity index (χ0n) is 14.0. The van der Waals surface area contributed by atoms with Gasteiger partial charge in [0.25, 0.3) is 0 Å². The molecule has 3 nitrogen and oxygen atoms in total. The molecule has 0 spiro atoms. The first kappa shape index (κ1) is 17.3. The van der Waals surface area contributed by atoms with Crippen molar-refractivity contribution in [3.8, 4) is 0 Å². The van der Waals surface area contributed by atoms with Crippen molar-refractivity contribution >= 4 is 5.84 Å². The van der Waals surface area contributed by atoms with Crippen LogP contribution in [0.1, 0.15) is 91.4 Å². The van der Waals surface area contributed by atoms with Crippen LogP contribution in [0.4, 0.5) is 0 Å². The van der Waals surface area contributed by atoms with Gasteiger partial charge < -0.3 is 5.73 Å². The molecular weight excluding hydrogens is 246 g/mol. The van der Waals surface area contributed by atoms with Gasteiger partial charge in [-0.15, -0.1) is 0 Å². The summed E-state index contributed by atoms with van der Waals surface area (Å²) in [5.74, 6) is 0.818. The summed E-state index contributed by atoms with van der Waals surface area (Å²) >= 11 is 0. The maximum atomic E-state index is 5.88. The maximum absolute atomic E-state index is 5.88. The third-order valence-electron chi connectivity index (χ3n) is 4.59. The Bertz CT molecular complexity index is 274. The number of hydrogen-bond acceptors (Lipinski definition) is 3. The fraction of sp³-hybridized carbons (Fsp3) is 0.941. The van der Waals surface area contributed by atoms with E-state index in [0.717, 1.165) is 18.8 Å². The highest BCUT2D eigenvalue weighted by Crippen LogP contribution is 2.31. The Morgan fingerprint density at radius 1 is 1.00 bits per heavy atom. The molecule has 0 unspecified atom stereocenters. The molecule has 0 fully saturated rings. The number of nitrogens with two attached hydrogens (primary N) is 1. The zero-order valence-corrected chi connectivity index (χ0v) is 14.0. The number of amidine groups is 1. The number of nitrogens with zero attached hydrogens (tertiary/aromatic N) is 2. The lowest BCUT2D eigenvalue weighted by molar-refractivity contribution is 0.0961. The Labute approximate surface area is 126 Å². The standard InChI is InChI=1S/C17H35N3/c1-4-6-8-10-13-17(3,14-11-9-7-5-2)20-15-12-16(18)19-20/h4-15H2,1-3H3,(H2,18,19). The predicted octanol–water partition coefficient (Wildman–Crippen LogP) is 4.66. The van der Waals surface area contributed by atoms with E-state index in [4.69, 9.17) is 5.73 Å². The predicted molar refractivity (Wildman–Crippen MR) is 88.9 cm³/mol. The van der Waals surface area contributed by atoms with E-state index in [2.05, 4.69) is 30.9 Å². The summed E-state index contributed by atoms with van der Waals surface area (Å²) in [6.45, 7) is 7.96. The summed E-state index contributed by atoms with van der Waals surface area (Å²) in [6, 6.07) is 0. The summed E-state index contributed by atoms with van der Waals surface area (Å²) in [5, 5.41) is 6.88. The fourth-order valence-electron chi connectivity index (χ4n) is 3.11. The summed E-state index contributed by atoms with van der Waals surface area (Å²) < 4.78 is 0. The number of hydrogen-bond donors (Lipinski definition) is 1. The molecule has 2 N–H and O–H groups in total. The van der Waals surface area contributed by atoms with E-state index in [-0.39, 0.29) is 5.54 Å². The van der Waals surface area contributed by atoms with Crippen LogP contribution in [0.3, 0.4) is 0 Å². The van der Waals surface area contributed by atoms with Crippen LogP contribution in [-0.2, 0) is 0 Å². The van der Waals surface area contributed by atoms with E-state index in [1.165, 1.54) is 64.2 Å². The third kappa shape index (κ3) is 5.72. The molecule has 20 heavy (non-hydrogen) atoms. The quantitative estimate of drug-likeness (QED) is 0.559. The molecule has 0 aliphatic carbocycles. The molecule has 1 heterocycles. The van der Waals surface area contributed by atoms with Crippen molar-refractivity contribution < 1.29 is 0 Å². The smallest absolute Gasteiger partial charge is 0.121 e. The molecule has 1 aliphatic rings. The van der Waals surface area contributed by atoms with Crippen LogP contribution in [0.2, 0.25) is 0 Å². The van der Waals surface area contributed by atoms with Gasteiger partial charge >= 0.3 is 0 Å². The third-order valence-corrected chi connectivity index (χ3v) is 4.59. The minimum absolute atomic E-state index is 0.225. The van der Waals surface area contributed by atoms with Crippen molar-refractivity contribution in [2.75, 3.05) is 6.54 Å². The molecule has 0 saturated carbocycles. The fourth-order valence-corrected chi connectivity index (χ4v) is 3.11. The molecule has 0 radical (unpaired) electrons. The van der Waals surface area contributed by atoms with Gasteiger partial charge in [0, 0.05) is 13.0 Å². The first-order valence-electron chi connectivity index (χ1n) is 8.73. The van der Waals surface area contributed by atoms with Gasteiger partial charge in [-0.2, -0.15) is 5.10 Å². The Morgan fingerprint density at radius 2 is 1.55 bits per heavy atom. The van der Waals surface area contributed by atoms with E-state index < -0.39 is 0 Å². The van der Waals surface area contributed by atoms with Gasteiger partial charge in [-0.3, -0.25) is 5.01 Å². The molecular formula is C17H35N3. The molecule has 1 rings (SSSR count). The minimum Gasteiger partial charge on any atom is -0.386 e. The molecule has 1 aliphatic heterocycles. The van der Waals surface area contributed by atoms with Gasteiger partial charge in [0.1, 0.15) is 5.84 Å². The Hall–Kier alpha value is -0.730. The molecule has 0 aromatic heterocycles. The molecule has 0 bridgehead atoms.